The first-order chi connectivity index (χ1) is 9.89. The number of aromatic nitrogens is 1. The van der Waals surface area contributed by atoms with Crippen LogP contribution in [0.5, 0.6) is 0 Å². The first kappa shape index (κ1) is 16.4. The Morgan fingerprint density at radius 1 is 1.33 bits per heavy atom. The fourth-order valence-electron chi connectivity index (χ4n) is 2.85. The first-order valence-corrected chi connectivity index (χ1v) is 7.79. The molecule has 1 aliphatic heterocycles. The number of pyridine rings is 1. The molecule has 21 heavy (non-hydrogen) atoms. The van der Waals surface area contributed by atoms with E-state index in [1.54, 1.807) is 0 Å². The molecule has 1 N–H and O–H groups in total. The Balaban J connectivity index is 1.92. The minimum atomic E-state index is 0.152. The van der Waals surface area contributed by atoms with Crippen LogP contribution in [-0.4, -0.2) is 48.8 Å². The van der Waals surface area contributed by atoms with Crippen LogP contribution in [0, 0.1) is 5.41 Å². The van der Waals surface area contributed by atoms with Crippen LogP contribution in [0.15, 0.2) is 24.5 Å². The van der Waals surface area contributed by atoms with Gasteiger partial charge in [0.25, 0.3) is 0 Å². The van der Waals surface area contributed by atoms with E-state index < -0.39 is 0 Å². The molecule has 0 aromatic carbocycles. The molecular formula is C17H29N3O. The minimum Gasteiger partial charge on any atom is -0.381 e. The van der Waals surface area contributed by atoms with Crippen LogP contribution in [0.1, 0.15) is 32.8 Å². The van der Waals surface area contributed by atoms with Gasteiger partial charge in [-0.05, 0) is 51.9 Å². The lowest BCUT2D eigenvalue weighted by atomic mass is 9.85. The summed E-state index contributed by atoms with van der Waals surface area (Å²) in [6.45, 7) is 11.4. The van der Waals surface area contributed by atoms with E-state index in [1.165, 1.54) is 5.56 Å². The van der Waals surface area contributed by atoms with Crippen LogP contribution in [0.2, 0.25) is 0 Å². The molecule has 1 aliphatic rings. The van der Waals surface area contributed by atoms with Crippen LogP contribution in [0.3, 0.4) is 0 Å². The van der Waals surface area contributed by atoms with Gasteiger partial charge in [0, 0.05) is 49.6 Å². The van der Waals surface area contributed by atoms with Gasteiger partial charge in [0.2, 0.25) is 0 Å². The minimum absolute atomic E-state index is 0.152. The third kappa shape index (κ3) is 5.38. The number of nitrogens with zero attached hydrogens (tertiary/aromatic N) is 2. The van der Waals surface area contributed by atoms with E-state index in [-0.39, 0.29) is 11.0 Å². The maximum atomic E-state index is 5.70. The summed E-state index contributed by atoms with van der Waals surface area (Å²) in [5.41, 5.74) is 1.69. The molecule has 4 nitrogen and oxygen atoms in total. The molecule has 0 spiro atoms. The van der Waals surface area contributed by atoms with Crippen molar-refractivity contribution < 1.29 is 4.74 Å². The van der Waals surface area contributed by atoms with Gasteiger partial charge in [-0.25, -0.2) is 0 Å². The molecule has 0 radical (unpaired) electrons. The zero-order valence-electron chi connectivity index (χ0n) is 13.9. The highest BCUT2D eigenvalue weighted by atomic mass is 16.5. The summed E-state index contributed by atoms with van der Waals surface area (Å²) in [5, 5.41) is 3.66. The summed E-state index contributed by atoms with van der Waals surface area (Å²) >= 11 is 0. The number of rotatable bonds is 6. The van der Waals surface area contributed by atoms with Gasteiger partial charge in [0.1, 0.15) is 0 Å². The van der Waals surface area contributed by atoms with Gasteiger partial charge in [-0.15, -0.1) is 0 Å². The summed E-state index contributed by atoms with van der Waals surface area (Å²) in [5.74, 6) is 0. The van der Waals surface area contributed by atoms with Crippen molar-refractivity contribution in [1.82, 2.24) is 15.2 Å². The molecule has 0 amide bonds. The van der Waals surface area contributed by atoms with Crippen molar-refractivity contribution in [3.05, 3.63) is 30.1 Å². The van der Waals surface area contributed by atoms with E-state index in [0.717, 1.165) is 39.3 Å². The fourth-order valence-corrected chi connectivity index (χ4v) is 2.85. The number of nitrogens with one attached hydrogen (secondary N) is 1. The molecule has 0 bridgehead atoms. The second-order valence-corrected chi connectivity index (χ2v) is 7.43. The predicted octanol–water partition coefficient (Wildman–Crippen LogP) is 2.31. The molecule has 1 unspecified atom stereocenters. The maximum absolute atomic E-state index is 5.70. The summed E-state index contributed by atoms with van der Waals surface area (Å²) in [6.07, 6.45) is 4.86. The van der Waals surface area contributed by atoms with E-state index in [4.69, 9.17) is 4.74 Å². The molecule has 4 heteroatoms. The van der Waals surface area contributed by atoms with Gasteiger partial charge in [0.05, 0.1) is 6.61 Å². The van der Waals surface area contributed by atoms with Gasteiger partial charge >= 0.3 is 0 Å². The smallest absolute Gasteiger partial charge is 0.0547 e. The molecule has 2 rings (SSSR count). The average Bonchev–Trinajstić information content (AvgIpc) is 2.86. The molecular weight excluding hydrogens is 262 g/mol. The van der Waals surface area contributed by atoms with Crippen molar-refractivity contribution in [3.8, 4) is 0 Å². The summed E-state index contributed by atoms with van der Waals surface area (Å²) in [6, 6.07) is 4.17. The third-order valence-corrected chi connectivity index (χ3v) is 3.99. The highest BCUT2D eigenvalue weighted by Gasteiger charge is 2.36. The Morgan fingerprint density at radius 3 is 2.62 bits per heavy atom. The topological polar surface area (TPSA) is 37.4 Å². The highest BCUT2D eigenvalue weighted by molar-refractivity contribution is 5.09. The van der Waals surface area contributed by atoms with Crippen LogP contribution in [0.4, 0.5) is 0 Å². The average molecular weight is 291 g/mol. The normalized spacial score (nSPS) is 22.9. The van der Waals surface area contributed by atoms with E-state index >= 15 is 0 Å². The molecule has 1 saturated heterocycles. The van der Waals surface area contributed by atoms with Crippen molar-refractivity contribution in [1.29, 1.82) is 0 Å². The van der Waals surface area contributed by atoms with Crippen molar-refractivity contribution in [3.63, 3.8) is 0 Å². The second kappa shape index (κ2) is 6.86. The van der Waals surface area contributed by atoms with Crippen molar-refractivity contribution in [2.75, 3.05) is 33.4 Å². The lowest BCUT2D eigenvalue weighted by molar-refractivity contribution is 0.111. The van der Waals surface area contributed by atoms with E-state index in [1.807, 2.05) is 12.4 Å². The molecule has 0 aliphatic carbocycles. The Bertz CT molecular complexity index is 421. The quantitative estimate of drug-likeness (QED) is 0.873. The van der Waals surface area contributed by atoms with E-state index in [0.29, 0.717) is 0 Å². The first-order valence-electron chi connectivity index (χ1n) is 7.79. The summed E-state index contributed by atoms with van der Waals surface area (Å²) < 4.78 is 5.70. The van der Waals surface area contributed by atoms with Gasteiger partial charge in [0.15, 0.2) is 0 Å². The second-order valence-electron chi connectivity index (χ2n) is 7.43. The maximum Gasteiger partial charge on any atom is 0.0547 e. The van der Waals surface area contributed by atoms with Gasteiger partial charge in [-0.2, -0.15) is 0 Å². The molecule has 0 saturated carbocycles. The van der Waals surface area contributed by atoms with Crippen molar-refractivity contribution in [2.24, 2.45) is 5.41 Å². The van der Waals surface area contributed by atoms with Crippen molar-refractivity contribution in [2.45, 2.75) is 39.3 Å². The molecule has 1 aromatic heterocycles. The zero-order chi connectivity index (χ0) is 15.3. The van der Waals surface area contributed by atoms with Gasteiger partial charge in [-0.1, -0.05) is 0 Å². The largest absolute Gasteiger partial charge is 0.381 e. The number of hydrogen-bond donors (Lipinski definition) is 1. The van der Waals surface area contributed by atoms with E-state index in [2.05, 4.69) is 55.2 Å². The molecule has 118 valence electrons. The third-order valence-electron chi connectivity index (χ3n) is 3.99. The molecule has 1 fully saturated rings. The highest BCUT2D eigenvalue weighted by Crippen LogP contribution is 2.30. The lowest BCUT2D eigenvalue weighted by Crippen LogP contribution is -2.48. The monoisotopic (exact) mass is 291 g/mol. The SMILES string of the molecule is CN(Cc1ccncc1)CC1(CNC(C)(C)C)CCOC1. The molecule has 2 heterocycles. The Kier molecular flexibility index (Phi) is 5.36. The Morgan fingerprint density at radius 2 is 2.05 bits per heavy atom. The molecule has 1 aromatic rings. The fraction of sp³-hybridized carbons (Fsp3) is 0.706. The number of ether oxygens (including phenoxy) is 1. The van der Waals surface area contributed by atoms with Crippen LogP contribution < -0.4 is 5.32 Å². The molecule has 1 atom stereocenters. The standard InChI is InChI=1S/C17H29N3O/c1-16(2,3)19-12-17(7-10-21-14-17)13-20(4)11-15-5-8-18-9-6-15/h5-6,8-9,19H,7,10-14H2,1-4H3. The van der Waals surface area contributed by atoms with E-state index in [9.17, 15) is 0 Å². The summed E-state index contributed by atoms with van der Waals surface area (Å²) in [7, 11) is 2.19. The van der Waals surface area contributed by atoms with Gasteiger partial charge < -0.3 is 15.0 Å². The number of hydrogen-bond acceptors (Lipinski definition) is 4. The van der Waals surface area contributed by atoms with Crippen LogP contribution >= 0.6 is 0 Å². The Hall–Kier alpha value is -0.970. The summed E-state index contributed by atoms with van der Waals surface area (Å²) in [4.78, 5) is 6.47. The van der Waals surface area contributed by atoms with Crippen molar-refractivity contribution >= 4 is 0 Å². The van der Waals surface area contributed by atoms with Gasteiger partial charge in [-0.3, -0.25) is 4.98 Å². The van der Waals surface area contributed by atoms with Crippen LogP contribution in [0.25, 0.3) is 0 Å². The Labute approximate surface area is 128 Å². The predicted molar refractivity (Wildman–Crippen MR) is 86.2 cm³/mol. The lowest BCUT2D eigenvalue weighted by Gasteiger charge is -2.35. The van der Waals surface area contributed by atoms with Crippen LogP contribution in [-0.2, 0) is 11.3 Å². The zero-order valence-corrected chi connectivity index (χ0v) is 13.9.